The Morgan fingerprint density at radius 2 is 1.94 bits per heavy atom. The number of ether oxygens (including phenoxy) is 1. The maximum absolute atomic E-state index is 11.9. The molecule has 0 aliphatic carbocycles. The quantitative estimate of drug-likeness (QED) is 0.766. The highest BCUT2D eigenvalue weighted by atomic mass is 16.5. The average molecular weight is 229 g/mol. The largest absolute Gasteiger partial charge is 0.481 e. The first kappa shape index (κ1) is 13.0. The van der Waals surface area contributed by atoms with Gasteiger partial charge in [0.1, 0.15) is 5.60 Å². The van der Waals surface area contributed by atoms with E-state index < -0.39 is 17.5 Å². The van der Waals surface area contributed by atoms with E-state index in [2.05, 4.69) is 0 Å². The smallest absolute Gasteiger partial charge is 0.306 e. The molecule has 5 heteroatoms. The van der Waals surface area contributed by atoms with Crippen molar-refractivity contribution in [3.05, 3.63) is 0 Å². The molecule has 92 valence electrons. The van der Waals surface area contributed by atoms with E-state index in [-0.39, 0.29) is 11.8 Å². The van der Waals surface area contributed by atoms with Crippen molar-refractivity contribution in [2.24, 2.45) is 11.8 Å². The number of hydrogen-bond acceptors (Lipinski definition) is 3. The Morgan fingerprint density at radius 1 is 1.44 bits per heavy atom. The SMILES string of the molecule is COC(C)(C)C(=O)N1CC(C(C)C(=O)O)C1. The summed E-state index contributed by atoms with van der Waals surface area (Å²) < 4.78 is 5.09. The fraction of sp³-hybridized carbons (Fsp3) is 0.818. The van der Waals surface area contributed by atoms with Gasteiger partial charge in [0.15, 0.2) is 0 Å². The number of carboxylic acid groups (broad SMARTS) is 1. The van der Waals surface area contributed by atoms with Crippen LogP contribution in [-0.2, 0) is 14.3 Å². The van der Waals surface area contributed by atoms with Gasteiger partial charge < -0.3 is 14.7 Å². The van der Waals surface area contributed by atoms with E-state index in [4.69, 9.17) is 9.84 Å². The second-order valence-electron chi connectivity index (χ2n) is 4.81. The Balaban J connectivity index is 2.48. The molecular weight excluding hydrogens is 210 g/mol. The highest BCUT2D eigenvalue weighted by Crippen LogP contribution is 2.27. The van der Waals surface area contributed by atoms with E-state index in [1.54, 1.807) is 25.7 Å². The number of rotatable bonds is 4. The van der Waals surface area contributed by atoms with Gasteiger partial charge in [-0.2, -0.15) is 0 Å². The van der Waals surface area contributed by atoms with Crippen LogP contribution in [0.1, 0.15) is 20.8 Å². The number of nitrogens with zero attached hydrogens (tertiary/aromatic N) is 1. The molecule has 1 amide bonds. The fourth-order valence-electron chi connectivity index (χ4n) is 1.66. The van der Waals surface area contributed by atoms with E-state index >= 15 is 0 Å². The Labute approximate surface area is 95.4 Å². The average Bonchev–Trinajstić information content (AvgIpc) is 2.14. The molecule has 0 spiro atoms. The normalized spacial score (nSPS) is 19.1. The second-order valence-corrected chi connectivity index (χ2v) is 4.81. The van der Waals surface area contributed by atoms with Crippen molar-refractivity contribution in [1.29, 1.82) is 0 Å². The molecular formula is C11H19NO4. The third-order valence-corrected chi connectivity index (χ3v) is 3.32. The predicted molar refractivity (Wildman–Crippen MR) is 58.0 cm³/mol. The van der Waals surface area contributed by atoms with Crippen LogP contribution in [0.25, 0.3) is 0 Å². The minimum atomic E-state index is -0.822. The summed E-state index contributed by atoms with van der Waals surface area (Å²) in [6.07, 6.45) is 0. The van der Waals surface area contributed by atoms with Crippen LogP contribution < -0.4 is 0 Å². The Hall–Kier alpha value is -1.10. The van der Waals surface area contributed by atoms with Crippen LogP contribution in [0.3, 0.4) is 0 Å². The van der Waals surface area contributed by atoms with Gasteiger partial charge in [-0.3, -0.25) is 9.59 Å². The molecule has 0 aromatic carbocycles. The minimum Gasteiger partial charge on any atom is -0.481 e. The predicted octanol–water partition coefficient (Wildman–Crippen LogP) is 0.591. The van der Waals surface area contributed by atoms with Crippen LogP contribution in [-0.4, -0.2) is 47.7 Å². The lowest BCUT2D eigenvalue weighted by Crippen LogP contribution is -2.58. The topological polar surface area (TPSA) is 66.8 Å². The lowest BCUT2D eigenvalue weighted by atomic mass is 9.86. The number of carbonyl (C=O) groups is 2. The van der Waals surface area contributed by atoms with Crippen LogP contribution in [0.4, 0.5) is 0 Å². The molecule has 1 N–H and O–H groups in total. The molecule has 0 aromatic rings. The summed E-state index contributed by atoms with van der Waals surface area (Å²) in [6, 6.07) is 0. The molecule has 0 radical (unpaired) electrons. The molecule has 5 nitrogen and oxygen atoms in total. The third kappa shape index (κ3) is 2.35. The molecule has 1 aliphatic heterocycles. The molecule has 0 aromatic heterocycles. The molecule has 1 unspecified atom stereocenters. The molecule has 16 heavy (non-hydrogen) atoms. The molecule has 1 heterocycles. The number of amides is 1. The van der Waals surface area contributed by atoms with Crippen molar-refractivity contribution in [2.45, 2.75) is 26.4 Å². The first-order valence-electron chi connectivity index (χ1n) is 5.37. The van der Waals surface area contributed by atoms with E-state index in [1.807, 2.05) is 0 Å². The molecule has 1 atom stereocenters. The number of aliphatic carboxylic acids is 1. The number of hydrogen-bond donors (Lipinski definition) is 1. The lowest BCUT2D eigenvalue weighted by Gasteiger charge is -2.44. The standard InChI is InChI=1S/C11H19NO4/c1-7(9(13)14)8-5-12(6-8)10(15)11(2,3)16-4/h7-8H,5-6H2,1-4H3,(H,13,14). The summed E-state index contributed by atoms with van der Waals surface area (Å²) in [7, 11) is 1.50. The summed E-state index contributed by atoms with van der Waals surface area (Å²) in [4.78, 5) is 24.3. The summed E-state index contributed by atoms with van der Waals surface area (Å²) >= 11 is 0. The Morgan fingerprint density at radius 3 is 2.31 bits per heavy atom. The number of carboxylic acids is 1. The Bertz CT molecular complexity index is 294. The summed E-state index contributed by atoms with van der Waals surface area (Å²) in [5, 5.41) is 8.82. The maximum atomic E-state index is 11.9. The van der Waals surface area contributed by atoms with E-state index in [1.165, 1.54) is 7.11 Å². The maximum Gasteiger partial charge on any atom is 0.306 e. The van der Waals surface area contributed by atoms with E-state index in [9.17, 15) is 9.59 Å². The van der Waals surface area contributed by atoms with Crippen LogP contribution in [0.15, 0.2) is 0 Å². The van der Waals surface area contributed by atoms with Crippen LogP contribution in [0.2, 0.25) is 0 Å². The molecule has 0 bridgehead atoms. The zero-order chi connectivity index (χ0) is 12.5. The van der Waals surface area contributed by atoms with E-state index in [0.29, 0.717) is 13.1 Å². The summed E-state index contributed by atoms with van der Waals surface area (Å²) in [5.41, 5.74) is -0.822. The molecule has 0 saturated carbocycles. The molecule has 1 aliphatic rings. The Kier molecular flexibility index (Phi) is 3.57. The van der Waals surface area contributed by atoms with Gasteiger partial charge in [0.2, 0.25) is 0 Å². The van der Waals surface area contributed by atoms with Gasteiger partial charge in [0.05, 0.1) is 5.92 Å². The zero-order valence-electron chi connectivity index (χ0n) is 10.2. The number of likely N-dealkylation sites (tertiary alicyclic amines) is 1. The van der Waals surface area contributed by atoms with Gasteiger partial charge in [0.25, 0.3) is 5.91 Å². The fourth-order valence-corrected chi connectivity index (χ4v) is 1.66. The van der Waals surface area contributed by atoms with Gasteiger partial charge in [-0.25, -0.2) is 0 Å². The first-order valence-corrected chi connectivity index (χ1v) is 5.37. The zero-order valence-corrected chi connectivity index (χ0v) is 10.2. The van der Waals surface area contributed by atoms with Gasteiger partial charge in [-0.15, -0.1) is 0 Å². The van der Waals surface area contributed by atoms with Crippen LogP contribution >= 0.6 is 0 Å². The van der Waals surface area contributed by atoms with Crippen molar-refractivity contribution in [2.75, 3.05) is 20.2 Å². The van der Waals surface area contributed by atoms with Crippen molar-refractivity contribution >= 4 is 11.9 Å². The van der Waals surface area contributed by atoms with E-state index in [0.717, 1.165) is 0 Å². The second kappa shape index (κ2) is 4.41. The first-order chi connectivity index (χ1) is 7.29. The third-order valence-electron chi connectivity index (χ3n) is 3.32. The van der Waals surface area contributed by atoms with Crippen LogP contribution in [0.5, 0.6) is 0 Å². The molecule has 1 rings (SSSR count). The summed E-state index contributed by atoms with van der Waals surface area (Å²) in [6.45, 7) is 6.13. The van der Waals surface area contributed by atoms with Crippen molar-refractivity contribution in [1.82, 2.24) is 4.90 Å². The molecule has 1 saturated heterocycles. The lowest BCUT2D eigenvalue weighted by molar-refractivity contribution is -0.162. The number of methoxy groups -OCH3 is 1. The number of carbonyl (C=O) groups excluding carboxylic acids is 1. The van der Waals surface area contributed by atoms with Crippen molar-refractivity contribution in [3.63, 3.8) is 0 Å². The van der Waals surface area contributed by atoms with Crippen molar-refractivity contribution < 1.29 is 19.4 Å². The van der Waals surface area contributed by atoms with Gasteiger partial charge in [0, 0.05) is 26.1 Å². The highest BCUT2D eigenvalue weighted by molar-refractivity contribution is 5.85. The van der Waals surface area contributed by atoms with Gasteiger partial charge in [-0.05, 0) is 13.8 Å². The minimum absolute atomic E-state index is 0.0640. The van der Waals surface area contributed by atoms with Gasteiger partial charge >= 0.3 is 5.97 Å². The van der Waals surface area contributed by atoms with Crippen molar-refractivity contribution in [3.8, 4) is 0 Å². The van der Waals surface area contributed by atoms with Gasteiger partial charge in [-0.1, -0.05) is 6.92 Å². The van der Waals surface area contributed by atoms with Crippen LogP contribution in [0, 0.1) is 11.8 Å². The highest BCUT2D eigenvalue weighted by Gasteiger charge is 2.42. The molecule has 1 fully saturated rings. The summed E-state index contributed by atoms with van der Waals surface area (Å²) in [5.74, 6) is -1.21. The monoisotopic (exact) mass is 229 g/mol.